The molecule has 1 aromatic carbocycles. The van der Waals surface area contributed by atoms with Gasteiger partial charge in [-0.15, -0.1) is 12.4 Å². The normalized spacial score (nSPS) is 22.9. The Morgan fingerprint density at radius 2 is 2.07 bits per heavy atom. The number of amides is 1. The Labute approximate surface area is 171 Å². The van der Waals surface area contributed by atoms with Gasteiger partial charge in [0.05, 0.1) is 18.2 Å². The number of nitrogens with zero attached hydrogens (tertiary/aromatic N) is 3. The standard InChI is InChI=1S/C20H25ClN4O.ClH/c1-13(16-5-3-4-6-19(16)21)25(15-7-8-15)20(26)18-11-22-10-17(18)14-9-23-24(2)12-14;/h3-6,9,12-13,15,17-18,22H,7-8,10-11H2,1-2H3;1H/t13?,17-,18+;/m1./s1. The van der Waals surface area contributed by atoms with E-state index in [0.29, 0.717) is 6.04 Å². The molecule has 1 unspecified atom stereocenters. The third kappa shape index (κ3) is 4.00. The average Bonchev–Trinajstić information content (AvgIpc) is 3.16. The van der Waals surface area contributed by atoms with Crippen LogP contribution in [0.4, 0.5) is 0 Å². The van der Waals surface area contributed by atoms with Crippen LogP contribution in [0.5, 0.6) is 0 Å². The molecule has 146 valence electrons. The fourth-order valence-electron chi connectivity index (χ4n) is 4.12. The highest BCUT2D eigenvalue weighted by atomic mass is 35.5. The second-order valence-corrected chi connectivity index (χ2v) is 7.90. The van der Waals surface area contributed by atoms with Crippen molar-refractivity contribution in [3.05, 3.63) is 52.8 Å². The van der Waals surface area contributed by atoms with Crippen LogP contribution in [0.3, 0.4) is 0 Å². The van der Waals surface area contributed by atoms with Crippen molar-refractivity contribution in [3.63, 3.8) is 0 Å². The number of benzene rings is 1. The number of aryl methyl sites for hydroxylation is 1. The molecule has 27 heavy (non-hydrogen) atoms. The van der Waals surface area contributed by atoms with Crippen LogP contribution in [-0.4, -0.2) is 39.7 Å². The maximum atomic E-state index is 13.6. The summed E-state index contributed by atoms with van der Waals surface area (Å²) < 4.78 is 1.81. The van der Waals surface area contributed by atoms with Crippen LogP contribution in [0.15, 0.2) is 36.7 Å². The molecule has 7 heteroatoms. The lowest BCUT2D eigenvalue weighted by molar-refractivity contribution is -0.138. The molecule has 1 amide bonds. The molecule has 0 bridgehead atoms. The molecule has 3 atom stereocenters. The van der Waals surface area contributed by atoms with E-state index in [4.69, 9.17) is 11.6 Å². The van der Waals surface area contributed by atoms with Crippen molar-refractivity contribution < 1.29 is 4.79 Å². The Morgan fingerprint density at radius 1 is 1.33 bits per heavy atom. The summed E-state index contributed by atoms with van der Waals surface area (Å²) in [7, 11) is 1.92. The monoisotopic (exact) mass is 408 g/mol. The largest absolute Gasteiger partial charge is 0.333 e. The number of hydrogen-bond acceptors (Lipinski definition) is 3. The molecule has 1 N–H and O–H groups in total. The quantitative estimate of drug-likeness (QED) is 0.822. The van der Waals surface area contributed by atoms with Crippen LogP contribution >= 0.6 is 24.0 Å². The van der Waals surface area contributed by atoms with E-state index < -0.39 is 0 Å². The van der Waals surface area contributed by atoms with Gasteiger partial charge in [0, 0.05) is 43.3 Å². The molecule has 2 aromatic rings. The fraction of sp³-hybridized carbons (Fsp3) is 0.500. The Bertz CT molecular complexity index is 805. The molecule has 4 rings (SSSR count). The molecule has 1 aliphatic carbocycles. The molecule has 5 nitrogen and oxygen atoms in total. The Morgan fingerprint density at radius 3 is 2.70 bits per heavy atom. The van der Waals surface area contributed by atoms with Crippen LogP contribution in [0.25, 0.3) is 0 Å². The number of rotatable bonds is 5. The van der Waals surface area contributed by atoms with Crippen molar-refractivity contribution in [2.24, 2.45) is 13.0 Å². The lowest BCUT2D eigenvalue weighted by atomic mass is 9.89. The molecule has 1 aromatic heterocycles. The summed E-state index contributed by atoms with van der Waals surface area (Å²) in [6, 6.07) is 8.17. The van der Waals surface area contributed by atoms with Crippen LogP contribution in [0.1, 0.15) is 42.9 Å². The number of nitrogens with one attached hydrogen (secondary N) is 1. The Kier molecular flexibility index (Phi) is 6.14. The number of halogens is 2. The molecule has 0 radical (unpaired) electrons. The third-order valence-corrected chi connectivity index (χ3v) is 6.00. The van der Waals surface area contributed by atoms with Crippen LogP contribution in [-0.2, 0) is 11.8 Å². The van der Waals surface area contributed by atoms with Gasteiger partial charge < -0.3 is 10.2 Å². The highest BCUT2D eigenvalue weighted by Crippen LogP contribution is 2.40. The first-order chi connectivity index (χ1) is 12.6. The molecule has 1 saturated heterocycles. The van der Waals surface area contributed by atoms with E-state index in [0.717, 1.165) is 42.1 Å². The van der Waals surface area contributed by atoms with Crippen molar-refractivity contribution in [2.45, 2.75) is 37.8 Å². The van der Waals surface area contributed by atoms with E-state index in [1.54, 1.807) is 4.68 Å². The molecular weight excluding hydrogens is 383 g/mol. The minimum absolute atomic E-state index is 0. The van der Waals surface area contributed by atoms with Gasteiger partial charge in [0.15, 0.2) is 0 Å². The van der Waals surface area contributed by atoms with Gasteiger partial charge >= 0.3 is 0 Å². The lowest BCUT2D eigenvalue weighted by Gasteiger charge is -2.33. The van der Waals surface area contributed by atoms with Crippen molar-refractivity contribution >= 4 is 29.9 Å². The van der Waals surface area contributed by atoms with E-state index >= 15 is 0 Å². The van der Waals surface area contributed by atoms with Crippen LogP contribution in [0.2, 0.25) is 5.02 Å². The highest BCUT2D eigenvalue weighted by molar-refractivity contribution is 6.31. The summed E-state index contributed by atoms with van der Waals surface area (Å²) in [6.45, 7) is 3.64. The lowest BCUT2D eigenvalue weighted by Crippen LogP contribution is -2.41. The predicted octanol–water partition coefficient (Wildman–Crippen LogP) is 3.55. The second-order valence-electron chi connectivity index (χ2n) is 7.49. The van der Waals surface area contributed by atoms with Gasteiger partial charge in [-0.3, -0.25) is 9.48 Å². The van der Waals surface area contributed by atoms with E-state index in [1.807, 2.05) is 43.7 Å². The van der Waals surface area contributed by atoms with E-state index in [1.165, 1.54) is 0 Å². The van der Waals surface area contributed by atoms with Gasteiger partial charge in [0.1, 0.15) is 0 Å². The molecule has 2 heterocycles. The number of hydrogen-bond donors (Lipinski definition) is 1. The first-order valence-electron chi connectivity index (χ1n) is 9.32. The van der Waals surface area contributed by atoms with Gasteiger partial charge in [0.25, 0.3) is 0 Å². The summed E-state index contributed by atoms with van der Waals surface area (Å²) in [5.74, 6) is 0.361. The summed E-state index contributed by atoms with van der Waals surface area (Å²) in [5, 5.41) is 8.42. The SMILES string of the molecule is CC(c1ccccc1Cl)N(C(=O)[C@H]1CNC[C@@H]1c1cnn(C)c1)C1CC1.Cl. The zero-order valence-electron chi connectivity index (χ0n) is 15.6. The minimum Gasteiger partial charge on any atom is -0.333 e. The van der Waals surface area contributed by atoms with E-state index in [9.17, 15) is 4.79 Å². The Balaban J connectivity index is 0.00000210. The van der Waals surface area contributed by atoms with Gasteiger partial charge in [-0.25, -0.2) is 0 Å². The van der Waals surface area contributed by atoms with Gasteiger partial charge in [0.2, 0.25) is 5.91 Å². The number of aromatic nitrogens is 2. The average molecular weight is 409 g/mol. The topological polar surface area (TPSA) is 50.2 Å². The van der Waals surface area contributed by atoms with Gasteiger partial charge in [-0.2, -0.15) is 5.10 Å². The van der Waals surface area contributed by atoms with E-state index in [-0.39, 0.29) is 36.2 Å². The second kappa shape index (κ2) is 8.21. The minimum atomic E-state index is -0.0512. The van der Waals surface area contributed by atoms with Gasteiger partial charge in [-0.05, 0) is 37.0 Å². The van der Waals surface area contributed by atoms with Crippen molar-refractivity contribution in [1.82, 2.24) is 20.0 Å². The van der Waals surface area contributed by atoms with Crippen LogP contribution in [0, 0.1) is 5.92 Å². The van der Waals surface area contributed by atoms with Gasteiger partial charge in [-0.1, -0.05) is 29.8 Å². The molecule has 1 saturated carbocycles. The Hall–Kier alpha value is -1.56. The van der Waals surface area contributed by atoms with Crippen LogP contribution < -0.4 is 5.32 Å². The van der Waals surface area contributed by atoms with Crippen molar-refractivity contribution in [2.75, 3.05) is 13.1 Å². The molecule has 2 aliphatic rings. The van der Waals surface area contributed by atoms with Crippen molar-refractivity contribution in [1.29, 1.82) is 0 Å². The maximum Gasteiger partial charge on any atom is 0.228 e. The number of carbonyl (C=O) groups excluding carboxylic acids is 1. The number of carbonyl (C=O) groups is 1. The summed E-state index contributed by atoms with van der Waals surface area (Å²) in [4.78, 5) is 15.6. The predicted molar refractivity (Wildman–Crippen MR) is 109 cm³/mol. The highest BCUT2D eigenvalue weighted by Gasteiger charge is 2.43. The zero-order valence-corrected chi connectivity index (χ0v) is 17.2. The maximum absolute atomic E-state index is 13.6. The third-order valence-electron chi connectivity index (χ3n) is 5.65. The van der Waals surface area contributed by atoms with E-state index in [2.05, 4.69) is 22.2 Å². The summed E-state index contributed by atoms with van der Waals surface area (Å²) in [5.41, 5.74) is 2.16. The zero-order chi connectivity index (χ0) is 18.3. The fourth-order valence-corrected chi connectivity index (χ4v) is 4.41. The first-order valence-corrected chi connectivity index (χ1v) is 9.70. The summed E-state index contributed by atoms with van der Waals surface area (Å²) in [6.07, 6.45) is 6.07. The smallest absolute Gasteiger partial charge is 0.228 e. The molecule has 0 spiro atoms. The summed E-state index contributed by atoms with van der Waals surface area (Å²) >= 11 is 6.42. The molecule has 2 fully saturated rings. The molecular formula is C20H26Cl2N4O. The molecule has 1 aliphatic heterocycles. The first kappa shape index (κ1) is 20.2. The van der Waals surface area contributed by atoms with Crippen molar-refractivity contribution in [3.8, 4) is 0 Å².